The second kappa shape index (κ2) is 6.66. The van der Waals surface area contributed by atoms with Gasteiger partial charge < -0.3 is 5.32 Å². The van der Waals surface area contributed by atoms with E-state index in [9.17, 15) is 8.78 Å². The van der Waals surface area contributed by atoms with Gasteiger partial charge in [0.25, 0.3) is 0 Å². The molecule has 2 aromatic carbocycles. The summed E-state index contributed by atoms with van der Waals surface area (Å²) >= 11 is 8.94. The SMILES string of the molecule is CNC(Cc1cccc(Cl)c1F)c1ccc(F)c(Br)c1. The van der Waals surface area contributed by atoms with Gasteiger partial charge in [-0.05, 0) is 58.7 Å². The van der Waals surface area contributed by atoms with Crippen LogP contribution < -0.4 is 5.32 Å². The summed E-state index contributed by atoms with van der Waals surface area (Å²) in [6.45, 7) is 0. The van der Waals surface area contributed by atoms with E-state index in [1.165, 1.54) is 12.1 Å². The third-order valence-electron chi connectivity index (χ3n) is 3.15. The highest BCUT2D eigenvalue weighted by Crippen LogP contribution is 2.26. The van der Waals surface area contributed by atoms with Crippen molar-refractivity contribution in [2.75, 3.05) is 7.05 Å². The largest absolute Gasteiger partial charge is 0.313 e. The molecule has 1 nitrogen and oxygen atoms in total. The quantitative estimate of drug-likeness (QED) is 0.819. The molecule has 0 spiro atoms. The molecular weight excluding hydrogens is 348 g/mol. The maximum atomic E-state index is 13.9. The maximum Gasteiger partial charge on any atom is 0.145 e. The number of halogens is 4. The number of hydrogen-bond donors (Lipinski definition) is 1. The maximum absolute atomic E-state index is 13.9. The molecule has 1 N–H and O–H groups in total. The Hall–Kier alpha value is -0.970. The summed E-state index contributed by atoms with van der Waals surface area (Å²) in [7, 11) is 1.78. The molecule has 0 saturated heterocycles. The highest BCUT2D eigenvalue weighted by atomic mass is 79.9. The predicted molar refractivity (Wildman–Crippen MR) is 81.0 cm³/mol. The van der Waals surface area contributed by atoms with Gasteiger partial charge >= 0.3 is 0 Å². The molecule has 0 heterocycles. The third kappa shape index (κ3) is 3.37. The van der Waals surface area contributed by atoms with Gasteiger partial charge in [0, 0.05) is 6.04 Å². The van der Waals surface area contributed by atoms with Gasteiger partial charge in [-0.3, -0.25) is 0 Å². The lowest BCUT2D eigenvalue weighted by atomic mass is 9.98. The highest BCUT2D eigenvalue weighted by Gasteiger charge is 2.15. The fraction of sp³-hybridized carbons (Fsp3) is 0.200. The minimum Gasteiger partial charge on any atom is -0.313 e. The monoisotopic (exact) mass is 359 g/mol. The van der Waals surface area contributed by atoms with Crippen LogP contribution in [0.5, 0.6) is 0 Å². The predicted octanol–water partition coefficient (Wildman–Crippen LogP) is 4.88. The van der Waals surface area contributed by atoms with Gasteiger partial charge in [0.1, 0.15) is 11.6 Å². The Morgan fingerprint density at radius 3 is 2.65 bits per heavy atom. The minimum atomic E-state index is -0.407. The van der Waals surface area contributed by atoms with Crippen molar-refractivity contribution in [3.05, 3.63) is 68.7 Å². The van der Waals surface area contributed by atoms with E-state index in [0.29, 0.717) is 16.5 Å². The Kier molecular flexibility index (Phi) is 5.13. The lowest BCUT2D eigenvalue weighted by Crippen LogP contribution is -2.19. The summed E-state index contributed by atoms with van der Waals surface area (Å²) in [6, 6.07) is 9.57. The Bertz CT molecular complexity index is 619. The van der Waals surface area contributed by atoms with Gasteiger partial charge in [-0.2, -0.15) is 0 Å². The summed E-state index contributed by atoms with van der Waals surface area (Å²) in [5.41, 5.74) is 1.40. The van der Waals surface area contributed by atoms with E-state index in [0.717, 1.165) is 5.56 Å². The molecule has 20 heavy (non-hydrogen) atoms. The van der Waals surface area contributed by atoms with Crippen LogP contribution in [-0.4, -0.2) is 7.05 Å². The zero-order valence-corrected chi connectivity index (χ0v) is 13.1. The Morgan fingerprint density at radius 2 is 2.00 bits per heavy atom. The number of rotatable bonds is 4. The van der Waals surface area contributed by atoms with Gasteiger partial charge in [0.15, 0.2) is 0 Å². The van der Waals surface area contributed by atoms with E-state index in [4.69, 9.17) is 11.6 Å². The molecule has 0 aliphatic rings. The van der Waals surface area contributed by atoms with Crippen molar-refractivity contribution in [3.63, 3.8) is 0 Å². The van der Waals surface area contributed by atoms with Crippen LogP contribution in [0.1, 0.15) is 17.2 Å². The number of nitrogens with one attached hydrogen (secondary N) is 1. The average Bonchev–Trinajstić information content (AvgIpc) is 2.44. The van der Waals surface area contributed by atoms with Crippen molar-refractivity contribution >= 4 is 27.5 Å². The first-order chi connectivity index (χ1) is 9.52. The number of hydrogen-bond acceptors (Lipinski definition) is 1. The standard InChI is InChI=1S/C15H13BrClF2N/c1-20-14(9-5-6-13(18)11(16)7-9)8-10-3-2-4-12(17)15(10)19/h2-7,14,20H,8H2,1H3. The first kappa shape index (κ1) is 15.4. The van der Waals surface area contributed by atoms with E-state index in [2.05, 4.69) is 21.2 Å². The Morgan fingerprint density at radius 1 is 1.25 bits per heavy atom. The number of likely N-dealkylation sites (N-methyl/N-ethyl adjacent to an activating group) is 1. The molecule has 1 atom stereocenters. The van der Waals surface area contributed by atoms with Crippen molar-refractivity contribution in [2.24, 2.45) is 0 Å². The topological polar surface area (TPSA) is 12.0 Å². The smallest absolute Gasteiger partial charge is 0.145 e. The zero-order chi connectivity index (χ0) is 14.7. The second-order valence-electron chi connectivity index (χ2n) is 4.43. The molecule has 0 saturated carbocycles. The molecule has 0 bridgehead atoms. The molecule has 2 rings (SSSR count). The van der Waals surface area contributed by atoms with E-state index < -0.39 is 5.82 Å². The third-order valence-corrected chi connectivity index (χ3v) is 4.05. The van der Waals surface area contributed by atoms with Crippen LogP contribution in [0, 0.1) is 11.6 Å². The van der Waals surface area contributed by atoms with Crippen molar-refractivity contribution in [1.82, 2.24) is 5.32 Å². The van der Waals surface area contributed by atoms with Crippen molar-refractivity contribution in [2.45, 2.75) is 12.5 Å². The van der Waals surface area contributed by atoms with Crippen molar-refractivity contribution in [1.29, 1.82) is 0 Å². The van der Waals surface area contributed by atoms with Crippen LogP contribution in [0.3, 0.4) is 0 Å². The van der Waals surface area contributed by atoms with Gasteiger partial charge in [-0.1, -0.05) is 29.8 Å². The minimum absolute atomic E-state index is 0.109. The van der Waals surface area contributed by atoms with Gasteiger partial charge in [-0.25, -0.2) is 8.78 Å². The summed E-state index contributed by atoms with van der Waals surface area (Å²) in [5, 5.41) is 3.22. The zero-order valence-electron chi connectivity index (χ0n) is 10.8. The van der Waals surface area contributed by atoms with Crippen molar-refractivity contribution in [3.8, 4) is 0 Å². The second-order valence-corrected chi connectivity index (χ2v) is 5.69. The molecule has 0 aliphatic carbocycles. The molecule has 0 radical (unpaired) electrons. The van der Waals surface area contributed by atoms with Gasteiger partial charge in [0.2, 0.25) is 0 Å². The fourth-order valence-electron chi connectivity index (χ4n) is 2.04. The molecule has 0 aliphatic heterocycles. The summed E-state index contributed by atoms with van der Waals surface area (Å²) < 4.78 is 27.6. The van der Waals surface area contributed by atoms with E-state index in [-0.39, 0.29) is 16.9 Å². The molecule has 5 heteroatoms. The molecule has 0 aromatic heterocycles. The lowest BCUT2D eigenvalue weighted by Gasteiger charge is -2.18. The first-order valence-electron chi connectivity index (χ1n) is 6.08. The van der Waals surface area contributed by atoms with Crippen LogP contribution in [0.15, 0.2) is 40.9 Å². The normalized spacial score (nSPS) is 12.4. The van der Waals surface area contributed by atoms with Crippen LogP contribution in [0.4, 0.5) is 8.78 Å². The molecule has 106 valence electrons. The van der Waals surface area contributed by atoms with E-state index in [1.807, 2.05) is 0 Å². The lowest BCUT2D eigenvalue weighted by molar-refractivity contribution is 0.552. The average molecular weight is 361 g/mol. The number of benzene rings is 2. The van der Waals surface area contributed by atoms with Crippen LogP contribution in [-0.2, 0) is 6.42 Å². The highest BCUT2D eigenvalue weighted by molar-refractivity contribution is 9.10. The Balaban J connectivity index is 2.28. The molecule has 0 fully saturated rings. The van der Waals surface area contributed by atoms with Crippen LogP contribution in [0.2, 0.25) is 5.02 Å². The van der Waals surface area contributed by atoms with Gasteiger partial charge in [-0.15, -0.1) is 0 Å². The molecule has 0 amide bonds. The van der Waals surface area contributed by atoms with Crippen molar-refractivity contribution < 1.29 is 8.78 Å². The van der Waals surface area contributed by atoms with E-state index in [1.54, 1.807) is 31.3 Å². The van der Waals surface area contributed by atoms with Gasteiger partial charge in [0.05, 0.1) is 9.50 Å². The van der Waals surface area contributed by atoms with Crippen LogP contribution in [0.25, 0.3) is 0 Å². The summed E-state index contributed by atoms with van der Waals surface area (Å²) in [4.78, 5) is 0. The van der Waals surface area contributed by atoms with E-state index >= 15 is 0 Å². The fourth-order valence-corrected chi connectivity index (χ4v) is 2.63. The summed E-state index contributed by atoms with van der Waals surface area (Å²) in [6.07, 6.45) is 0.432. The summed E-state index contributed by atoms with van der Waals surface area (Å²) in [5.74, 6) is -0.729. The first-order valence-corrected chi connectivity index (χ1v) is 7.25. The molecular formula is C15H13BrClF2N. The molecule has 1 unspecified atom stereocenters. The Labute approximate surface area is 130 Å². The van der Waals surface area contributed by atoms with Crippen LogP contribution >= 0.6 is 27.5 Å². The molecule has 2 aromatic rings.